The molecule has 5 heteroatoms. The van der Waals surface area contributed by atoms with E-state index in [2.05, 4.69) is 10.6 Å². The molecule has 2 rings (SSSR count). The van der Waals surface area contributed by atoms with E-state index in [-0.39, 0.29) is 5.91 Å². The van der Waals surface area contributed by atoms with Gasteiger partial charge < -0.3 is 16.4 Å². The average molecular weight is 289 g/mol. The maximum Gasteiger partial charge on any atom is 0.242 e. The summed E-state index contributed by atoms with van der Waals surface area (Å²) in [5.41, 5.74) is 4.70. The van der Waals surface area contributed by atoms with E-state index in [0.717, 1.165) is 18.7 Å². The third-order valence-electron chi connectivity index (χ3n) is 4.26. The van der Waals surface area contributed by atoms with Crippen molar-refractivity contribution >= 4 is 11.8 Å². The number of benzene rings is 1. The van der Waals surface area contributed by atoms with Crippen molar-refractivity contribution in [2.24, 2.45) is 5.73 Å². The summed E-state index contributed by atoms with van der Waals surface area (Å²) in [6.45, 7) is 4.82. The van der Waals surface area contributed by atoms with Gasteiger partial charge in [0.15, 0.2) is 0 Å². The summed E-state index contributed by atoms with van der Waals surface area (Å²) in [5.74, 6) is -0.660. The summed E-state index contributed by atoms with van der Waals surface area (Å²) < 4.78 is 0. The number of hydrogen-bond acceptors (Lipinski definition) is 3. The molecule has 1 aromatic rings. The zero-order valence-electron chi connectivity index (χ0n) is 12.6. The Kier molecular flexibility index (Phi) is 4.32. The highest BCUT2D eigenvalue weighted by Crippen LogP contribution is 2.34. The van der Waals surface area contributed by atoms with Gasteiger partial charge >= 0.3 is 0 Å². The number of piperidine rings is 1. The number of nitrogens with one attached hydrogen (secondary N) is 2. The Morgan fingerprint density at radius 1 is 1.19 bits per heavy atom. The van der Waals surface area contributed by atoms with E-state index < -0.39 is 16.9 Å². The van der Waals surface area contributed by atoms with Gasteiger partial charge in [-0.2, -0.15) is 0 Å². The topological polar surface area (TPSA) is 84.2 Å². The maximum atomic E-state index is 12.9. The summed E-state index contributed by atoms with van der Waals surface area (Å²) in [6.07, 6.45) is 1.41. The van der Waals surface area contributed by atoms with Gasteiger partial charge in [-0.1, -0.05) is 30.3 Å². The molecule has 0 bridgehead atoms. The first-order valence-electron chi connectivity index (χ1n) is 7.27. The van der Waals surface area contributed by atoms with Gasteiger partial charge in [0, 0.05) is 0 Å². The minimum atomic E-state index is -1.05. The molecule has 1 fully saturated rings. The molecule has 114 valence electrons. The van der Waals surface area contributed by atoms with Crippen LogP contribution in [-0.4, -0.2) is 30.4 Å². The van der Waals surface area contributed by atoms with Gasteiger partial charge in [0.2, 0.25) is 11.8 Å². The van der Waals surface area contributed by atoms with Gasteiger partial charge in [0.1, 0.15) is 5.54 Å². The monoisotopic (exact) mass is 289 g/mol. The van der Waals surface area contributed by atoms with Crippen LogP contribution in [0.3, 0.4) is 0 Å². The molecule has 4 N–H and O–H groups in total. The molecule has 0 saturated carbocycles. The van der Waals surface area contributed by atoms with Gasteiger partial charge in [-0.05, 0) is 45.3 Å². The Morgan fingerprint density at radius 3 is 2.29 bits per heavy atom. The molecule has 21 heavy (non-hydrogen) atoms. The molecule has 1 aliphatic rings. The van der Waals surface area contributed by atoms with E-state index in [1.807, 2.05) is 30.3 Å². The molecule has 2 amide bonds. The first-order chi connectivity index (χ1) is 9.88. The van der Waals surface area contributed by atoms with E-state index >= 15 is 0 Å². The van der Waals surface area contributed by atoms with E-state index in [9.17, 15) is 9.59 Å². The fourth-order valence-corrected chi connectivity index (χ4v) is 2.72. The second kappa shape index (κ2) is 5.85. The van der Waals surface area contributed by atoms with Gasteiger partial charge in [0.25, 0.3) is 0 Å². The van der Waals surface area contributed by atoms with Crippen LogP contribution in [0.15, 0.2) is 30.3 Å². The predicted molar refractivity (Wildman–Crippen MR) is 81.6 cm³/mol. The Balaban J connectivity index is 2.33. The van der Waals surface area contributed by atoms with Crippen molar-refractivity contribution in [3.63, 3.8) is 0 Å². The molecular formula is C16H23N3O2. The standard InChI is InChI=1S/C16H23N3O2/c1-15(2,13(17)20)19-14(21)16(8-10-18-11-9-16)12-6-4-3-5-7-12/h3-7,18H,8-11H2,1-2H3,(H2,17,20)(H,19,21). The Hall–Kier alpha value is -1.88. The van der Waals surface area contributed by atoms with Gasteiger partial charge in [-0.15, -0.1) is 0 Å². The maximum absolute atomic E-state index is 12.9. The molecule has 0 aliphatic carbocycles. The van der Waals surface area contributed by atoms with Crippen molar-refractivity contribution in [3.8, 4) is 0 Å². The number of nitrogens with two attached hydrogens (primary N) is 1. The van der Waals surface area contributed by atoms with E-state index in [4.69, 9.17) is 5.73 Å². The smallest absolute Gasteiger partial charge is 0.242 e. The molecule has 1 heterocycles. The van der Waals surface area contributed by atoms with E-state index in [1.165, 1.54) is 0 Å². The number of hydrogen-bond donors (Lipinski definition) is 3. The minimum Gasteiger partial charge on any atom is -0.368 e. The lowest BCUT2D eigenvalue weighted by Gasteiger charge is -2.39. The van der Waals surface area contributed by atoms with Crippen LogP contribution in [0.4, 0.5) is 0 Å². The van der Waals surface area contributed by atoms with Crippen molar-refractivity contribution < 1.29 is 9.59 Å². The highest BCUT2D eigenvalue weighted by Gasteiger charge is 2.43. The van der Waals surface area contributed by atoms with Crippen LogP contribution in [0, 0.1) is 0 Å². The molecule has 0 radical (unpaired) electrons. The molecular weight excluding hydrogens is 266 g/mol. The average Bonchev–Trinajstić information content (AvgIpc) is 2.48. The SMILES string of the molecule is CC(C)(NC(=O)C1(c2ccccc2)CCNCC1)C(N)=O. The fraction of sp³-hybridized carbons (Fsp3) is 0.500. The number of amides is 2. The fourth-order valence-electron chi connectivity index (χ4n) is 2.72. The van der Waals surface area contributed by atoms with Crippen molar-refractivity contribution in [1.29, 1.82) is 0 Å². The largest absolute Gasteiger partial charge is 0.368 e. The van der Waals surface area contributed by atoms with Crippen molar-refractivity contribution in [3.05, 3.63) is 35.9 Å². The van der Waals surface area contributed by atoms with Crippen LogP contribution in [0.5, 0.6) is 0 Å². The first kappa shape index (κ1) is 15.5. The lowest BCUT2D eigenvalue weighted by Crippen LogP contribution is -2.59. The number of carbonyl (C=O) groups excluding carboxylic acids is 2. The second-order valence-corrected chi connectivity index (χ2v) is 6.14. The zero-order valence-corrected chi connectivity index (χ0v) is 12.6. The quantitative estimate of drug-likeness (QED) is 0.762. The molecule has 0 spiro atoms. The number of rotatable bonds is 4. The summed E-state index contributed by atoms with van der Waals surface area (Å²) in [5, 5.41) is 6.10. The van der Waals surface area contributed by atoms with Crippen molar-refractivity contribution in [2.75, 3.05) is 13.1 Å². The van der Waals surface area contributed by atoms with Crippen molar-refractivity contribution in [2.45, 2.75) is 37.6 Å². The summed E-state index contributed by atoms with van der Waals surface area (Å²) in [6, 6.07) is 9.76. The second-order valence-electron chi connectivity index (χ2n) is 6.14. The van der Waals surface area contributed by atoms with Crippen LogP contribution in [0.2, 0.25) is 0 Å². The molecule has 0 unspecified atom stereocenters. The predicted octanol–water partition coefficient (Wildman–Crippen LogP) is 0.688. The number of carbonyl (C=O) groups is 2. The van der Waals surface area contributed by atoms with Gasteiger partial charge in [-0.3, -0.25) is 9.59 Å². The van der Waals surface area contributed by atoms with Crippen LogP contribution in [0.1, 0.15) is 32.3 Å². The van der Waals surface area contributed by atoms with Gasteiger partial charge in [-0.25, -0.2) is 0 Å². The Morgan fingerprint density at radius 2 is 1.76 bits per heavy atom. The highest BCUT2D eigenvalue weighted by molar-refractivity contribution is 5.94. The number of primary amides is 1. The van der Waals surface area contributed by atoms with Crippen LogP contribution in [-0.2, 0) is 15.0 Å². The van der Waals surface area contributed by atoms with Crippen LogP contribution < -0.4 is 16.4 Å². The summed E-state index contributed by atoms with van der Waals surface area (Å²) in [4.78, 5) is 24.4. The molecule has 0 aromatic heterocycles. The van der Waals surface area contributed by atoms with E-state index in [0.29, 0.717) is 12.8 Å². The molecule has 0 atom stereocenters. The van der Waals surface area contributed by atoms with Crippen LogP contribution >= 0.6 is 0 Å². The lowest BCUT2D eigenvalue weighted by molar-refractivity contribution is -0.134. The summed E-state index contributed by atoms with van der Waals surface area (Å²) >= 11 is 0. The molecule has 5 nitrogen and oxygen atoms in total. The van der Waals surface area contributed by atoms with E-state index in [1.54, 1.807) is 13.8 Å². The third kappa shape index (κ3) is 3.08. The Labute approximate surface area is 125 Å². The Bertz CT molecular complexity index is 520. The minimum absolute atomic E-state index is 0.126. The lowest BCUT2D eigenvalue weighted by atomic mass is 9.72. The normalized spacial score (nSPS) is 18.0. The highest BCUT2D eigenvalue weighted by atomic mass is 16.2. The first-order valence-corrected chi connectivity index (χ1v) is 7.27. The molecule has 1 aliphatic heterocycles. The van der Waals surface area contributed by atoms with Crippen LogP contribution in [0.25, 0.3) is 0 Å². The molecule has 1 aromatic carbocycles. The summed E-state index contributed by atoms with van der Waals surface area (Å²) in [7, 11) is 0. The molecule has 1 saturated heterocycles. The third-order valence-corrected chi connectivity index (χ3v) is 4.26. The zero-order chi connectivity index (χ0) is 15.5. The van der Waals surface area contributed by atoms with Gasteiger partial charge in [0.05, 0.1) is 5.41 Å². The van der Waals surface area contributed by atoms with Crippen molar-refractivity contribution in [1.82, 2.24) is 10.6 Å².